The van der Waals surface area contributed by atoms with Crippen molar-refractivity contribution in [2.45, 2.75) is 44.4 Å². The van der Waals surface area contributed by atoms with Gasteiger partial charge in [-0.25, -0.2) is 9.36 Å². The van der Waals surface area contributed by atoms with Crippen LogP contribution < -0.4 is 5.56 Å². The van der Waals surface area contributed by atoms with Gasteiger partial charge in [0.05, 0.1) is 28.9 Å². The Kier molecular flexibility index (Phi) is 4.84. The van der Waals surface area contributed by atoms with E-state index in [4.69, 9.17) is 5.10 Å². The van der Waals surface area contributed by atoms with Crippen LogP contribution in [0.25, 0.3) is 27.8 Å². The standard InChI is InChI=1S/C26H25N5O2/c32-24-9-4-3-8-23(24)31-26(33)21-17-29(22-7-2-1-6-20(22)25(21)28-31)16-18-10-12-19(13-11-18)30-15-5-14-27-30/h1-2,5-7,10-15,17,23-24,32H,3-4,8-9,16H2. The van der Waals surface area contributed by atoms with Gasteiger partial charge in [0.25, 0.3) is 5.56 Å². The van der Waals surface area contributed by atoms with Crippen LogP contribution in [0, 0.1) is 0 Å². The molecule has 0 radical (unpaired) electrons. The van der Waals surface area contributed by atoms with Gasteiger partial charge in [0, 0.05) is 30.5 Å². The molecule has 0 amide bonds. The Hall–Kier alpha value is -3.71. The number of aromatic nitrogens is 5. The van der Waals surface area contributed by atoms with Gasteiger partial charge in [-0.05, 0) is 42.7 Å². The van der Waals surface area contributed by atoms with Gasteiger partial charge >= 0.3 is 0 Å². The Morgan fingerprint density at radius 2 is 1.82 bits per heavy atom. The zero-order chi connectivity index (χ0) is 22.4. The first-order valence-electron chi connectivity index (χ1n) is 11.5. The summed E-state index contributed by atoms with van der Waals surface area (Å²) in [5.74, 6) is 0. The molecule has 3 aliphatic rings. The van der Waals surface area contributed by atoms with Gasteiger partial charge < -0.3 is 9.67 Å². The van der Waals surface area contributed by atoms with Crippen LogP contribution in [0.3, 0.4) is 0 Å². The van der Waals surface area contributed by atoms with Gasteiger partial charge in [0.15, 0.2) is 0 Å². The van der Waals surface area contributed by atoms with Crippen molar-refractivity contribution in [3.8, 4) is 16.9 Å². The van der Waals surface area contributed by atoms with E-state index in [1.165, 1.54) is 4.68 Å². The largest absolute Gasteiger partial charge is 0.391 e. The number of rotatable bonds is 4. The Morgan fingerprint density at radius 3 is 2.61 bits per heavy atom. The van der Waals surface area contributed by atoms with Crippen molar-refractivity contribution in [2.75, 3.05) is 0 Å². The molecule has 0 spiro atoms. The van der Waals surface area contributed by atoms with Crippen molar-refractivity contribution >= 4 is 10.9 Å². The van der Waals surface area contributed by atoms with E-state index < -0.39 is 6.10 Å². The van der Waals surface area contributed by atoms with Crippen LogP contribution in [0.1, 0.15) is 37.3 Å². The van der Waals surface area contributed by atoms with Crippen molar-refractivity contribution in [1.82, 2.24) is 24.1 Å². The summed E-state index contributed by atoms with van der Waals surface area (Å²) in [7, 11) is 0. The minimum atomic E-state index is -0.521. The lowest BCUT2D eigenvalue weighted by Crippen LogP contribution is -2.33. The highest BCUT2D eigenvalue weighted by Crippen LogP contribution is 2.32. The Balaban J connectivity index is 1.43. The minimum absolute atomic E-state index is 0.121. The van der Waals surface area contributed by atoms with E-state index in [2.05, 4.69) is 27.9 Å². The molecule has 7 heteroatoms. The van der Waals surface area contributed by atoms with E-state index in [1.54, 1.807) is 6.20 Å². The third kappa shape index (κ3) is 3.45. The SMILES string of the molecule is O=c1c2cn(Cc3ccc(-n4cccn4)cc3)c3ccccc3c-2nn1C1CCCCC1O. The zero-order valence-electron chi connectivity index (χ0n) is 18.2. The molecule has 0 bridgehead atoms. The molecule has 2 atom stereocenters. The van der Waals surface area contributed by atoms with Gasteiger partial charge in [-0.2, -0.15) is 10.2 Å². The quantitative estimate of drug-likeness (QED) is 0.459. The number of aliphatic hydroxyl groups excluding tert-OH is 1. The van der Waals surface area contributed by atoms with Gasteiger partial charge in [-0.1, -0.05) is 43.2 Å². The maximum atomic E-state index is 13.4. The number of nitrogens with zero attached hydrogens (tertiary/aromatic N) is 5. The molecule has 0 saturated heterocycles. The van der Waals surface area contributed by atoms with E-state index in [0.29, 0.717) is 17.8 Å². The fourth-order valence-electron chi connectivity index (χ4n) is 5.00. The molecule has 1 aliphatic carbocycles. The molecule has 6 rings (SSSR count). The van der Waals surface area contributed by atoms with E-state index in [0.717, 1.165) is 47.8 Å². The second-order valence-corrected chi connectivity index (χ2v) is 8.82. The summed E-state index contributed by atoms with van der Waals surface area (Å²) in [6.45, 7) is 0.631. The average Bonchev–Trinajstić information content (AvgIpc) is 3.49. The number of hydrogen-bond donors (Lipinski definition) is 1. The third-order valence-electron chi connectivity index (χ3n) is 6.72. The van der Waals surface area contributed by atoms with E-state index in [9.17, 15) is 9.90 Å². The fourth-order valence-corrected chi connectivity index (χ4v) is 5.00. The number of fused-ring (bicyclic) bond motifs is 3. The van der Waals surface area contributed by atoms with Crippen molar-refractivity contribution in [3.05, 3.63) is 89.1 Å². The maximum absolute atomic E-state index is 13.4. The lowest BCUT2D eigenvalue weighted by atomic mass is 9.93. The van der Waals surface area contributed by atoms with Crippen molar-refractivity contribution in [1.29, 1.82) is 0 Å². The molecular weight excluding hydrogens is 414 g/mol. The van der Waals surface area contributed by atoms with Crippen molar-refractivity contribution in [2.24, 2.45) is 0 Å². The topological polar surface area (TPSA) is 77.9 Å². The van der Waals surface area contributed by atoms with E-state index in [1.807, 2.05) is 53.5 Å². The number of para-hydroxylation sites is 1. The molecule has 33 heavy (non-hydrogen) atoms. The van der Waals surface area contributed by atoms with E-state index in [-0.39, 0.29) is 11.6 Å². The summed E-state index contributed by atoms with van der Waals surface area (Å²) >= 11 is 0. The molecule has 1 fully saturated rings. The summed E-state index contributed by atoms with van der Waals surface area (Å²) in [5.41, 5.74) is 4.34. The first kappa shape index (κ1) is 19.9. The summed E-state index contributed by atoms with van der Waals surface area (Å²) in [4.78, 5) is 13.4. The summed E-state index contributed by atoms with van der Waals surface area (Å²) in [6, 6.07) is 18.0. The highest BCUT2D eigenvalue weighted by molar-refractivity contribution is 5.93. The molecular formula is C26H25N5O2. The fraction of sp³-hybridized carbons (Fsp3) is 0.269. The molecule has 3 heterocycles. The van der Waals surface area contributed by atoms with Crippen molar-refractivity contribution in [3.63, 3.8) is 0 Å². The average molecular weight is 440 g/mol. The van der Waals surface area contributed by atoms with Crippen LogP contribution >= 0.6 is 0 Å². The molecule has 1 N–H and O–H groups in total. The monoisotopic (exact) mass is 439 g/mol. The predicted molar refractivity (Wildman–Crippen MR) is 127 cm³/mol. The number of hydrogen-bond acceptors (Lipinski definition) is 4. The van der Waals surface area contributed by atoms with Crippen LogP contribution in [-0.4, -0.2) is 35.3 Å². The van der Waals surface area contributed by atoms with Crippen LogP contribution in [0.15, 0.2) is 78.0 Å². The Labute approximate surface area is 190 Å². The summed E-state index contributed by atoms with van der Waals surface area (Å²) in [5, 5.41) is 20.5. The second-order valence-electron chi connectivity index (χ2n) is 8.82. The lowest BCUT2D eigenvalue weighted by molar-refractivity contribution is 0.0681. The smallest absolute Gasteiger partial charge is 0.278 e. The highest BCUT2D eigenvalue weighted by atomic mass is 16.3. The van der Waals surface area contributed by atoms with Crippen LogP contribution in [-0.2, 0) is 6.54 Å². The van der Waals surface area contributed by atoms with Gasteiger partial charge in [-0.15, -0.1) is 0 Å². The molecule has 7 nitrogen and oxygen atoms in total. The van der Waals surface area contributed by atoms with Gasteiger partial charge in [-0.3, -0.25) is 4.79 Å². The normalized spacial score (nSPS) is 18.8. The molecule has 2 aromatic carbocycles. The zero-order valence-corrected chi connectivity index (χ0v) is 18.2. The summed E-state index contributed by atoms with van der Waals surface area (Å²) < 4.78 is 5.48. The first-order chi connectivity index (χ1) is 16.2. The van der Waals surface area contributed by atoms with Crippen LogP contribution in [0.2, 0.25) is 0 Å². The summed E-state index contributed by atoms with van der Waals surface area (Å²) in [6.07, 6.45) is 8.58. The maximum Gasteiger partial charge on any atom is 0.278 e. The van der Waals surface area contributed by atoms with Crippen LogP contribution in [0.5, 0.6) is 0 Å². The second kappa shape index (κ2) is 8.01. The Bertz CT molecular complexity index is 1430. The minimum Gasteiger partial charge on any atom is -0.391 e. The number of pyridine rings is 1. The van der Waals surface area contributed by atoms with Gasteiger partial charge in [0.1, 0.15) is 5.69 Å². The molecule has 2 aliphatic heterocycles. The number of benzene rings is 2. The highest BCUT2D eigenvalue weighted by Gasteiger charge is 2.30. The van der Waals surface area contributed by atoms with Crippen molar-refractivity contribution < 1.29 is 5.11 Å². The third-order valence-corrected chi connectivity index (χ3v) is 6.72. The van der Waals surface area contributed by atoms with Gasteiger partial charge in [0.2, 0.25) is 0 Å². The lowest BCUT2D eigenvalue weighted by Gasteiger charge is -2.26. The Morgan fingerprint density at radius 1 is 1.00 bits per heavy atom. The molecule has 1 saturated carbocycles. The molecule has 1 aromatic heterocycles. The molecule has 166 valence electrons. The predicted octanol–water partition coefficient (Wildman–Crippen LogP) is 4.01. The van der Waals surface area contributed by atoms with Crippen LogP contribution in [0.4, 0.5) is 0 Å². The molecule has 2 unspecified atom stereocenters. The first-order valence-corrected chi connectivity index (χ1v) is 11.5. The number of aliphatic hydroxyl groups is 1. The molecule has 3 aromatic rings. The van der Waals surface area contributed by atoms with E-state index >= 15 is 0 Å².